The number of ether oxygens (including phenoxy) is 1. The molecule has 0 fully saturated rings. The average molecular weight is 330 g/mol. The fraction of sp³-hybridized carbons (Fsp3) is 0.438. The molecular formula is C16H21Cl2NO2. The van der Waals surface area contributed by atoms with E-state index in [4.69, 9.17) is 27.9 Å². The Morgan fingerprint density at radius 3 is 2.52 bits per heavy atom. The van der Waals surface area contributed by atoms with Gasteiger partial charge in [-0.05, 0) is 31.9 Å². The van der Waals surface area contributed by atoms with Crippen molar-refractivity contribution in [2.24, 2.45) is 0 Å². The first-order valence-corrected chi connectivity index (χ1v) is 7.70. The molecular weight excluding hydrogens is 309 g/mol. The third-order valence-electron chi connectivity index (χ3n) is 3.54. The Kier molecular flexibility index (Phi) is 6.56. The third-order valence-corrected chi connectivity index (χ3v) is 4.35. The lowest BCUT2D eigenvalue weighted by Crippen LogP contribution is -2.32. The molecule has 5 heteroatoms. The van der Waals surface area contributed by atoms with Crippen LogP contribution in [0.15, 0.2) is 24.8 Å². The zero-order valence-electron chi connectivity index (χ0n) is 12.6. The van der Waals surface area contributed by atoms with Gasteiger partial charge < -0.3 is 10.1 Å². The van der Waals surface area contributed by atoms with Gasteiger partial charge in [0.15, 0.2) is 0 Å². The molecule has 0 saturated heterocycles. The molecule has 1 aromatic rings. The minimum absolute atomic E-state index is 0.199. The van der Waals surface area contributed by atoms with E-state index in [2.05, 4.69) is 11.9 Å². The smallest absolute Gasteiger partial charge is 0.256 e. The molecule has 1 N–H and O–H groups in total. The number of hydrogen-bond donors (Lipinski definition) is 1. The van der Waals surface area contributed by atoms with Crippen molar-refractivity contribution >= 4 is 29.1 Å². The van der Waals surface area contributed by atoms with Crippen LogP contribution >= 0.6 is 23.2 Å². The van der Waals surface area contributed by atoms with Crippen LogP contribution in [0.2, 0.25) is 10.0 Å². The van der Waals surface area contributed by atoms with Crippen LogP contribution in [0.1, 0.15) is 44.0 Å². The molecule has 0 unspecified atom stereocenters. The number of halogens is 2. The van der Waals surface area contributed by atoms with Gasteiger partial charge in [-0.25, -0.2) is 0 Å². The lowest BCUT2D eigenvalue weighted by molar-refractivity contribution is 0.0766. The lowest BCUT2D eigenvalue weighted by atomic mass is 9.99. The van der Waals surface area contributed by atoms with Crippen LogP contribution in [-0.2, 0) is 0 Å². The monoisotopic (exact) mass is 329 g/mol. The predicted octanol–water partition coefficient (Wildman–Crippen LogP) is 4.87. The Balaban J connectivity index is 3.23. The molecule has 3 nitrogen and oxygen atoms in total. The Morgan fingerprint density at radius 1 is 1.38 bits per heavy atom. The molecule has 21 heavy (non-hydrogen) atoms. The van der Waals surface area contributed by atoms with Gasteiger partial charge in [-0.3, -0.25) is 4.79 Å². The van der Waals surface area contributed by atoms with Crippen molar-refractivity contribution < 1.29 is 9.53 Å². The second kappa shape index (κ2) is 7.71. The average Bonchev–Trinajstić information content (AvgIpc) is 2.48. The van der Waals surface area contributed by atoms with Crippen LogP contribution < -0.4 is 10.1 Å². The van der Waals surface area contributed by atoms with E-state index in [9.17, 15) is 4.79 Å². The summed E-state index contributed by atoms with van der Waals surface area (Å²) in [5.74, 6) is 0.115. The highest BCUT2D eigenvalue weighted by molar-refractivity contribution is 6.44. The Bertz CT molecular complexity index is 525. The van der Waals surface area contributed by atoms with E-state index in [1.165, 1.54) is 0 Å². The Labute approximate surface area is 136 Å². The second-order valence-corrected chi connectivity index (χ2v) is 5.78. The SMILES string of the molecule is C=CCNC(=O)c1c(OC(C)(CC)CC)ccc(Cl)c1Cl. The zero-order chi connectivity index (χ0) is 16.0. The van der Waals surface area contributed by atoms with Crippen LogP contribution in [0.3, 0.4) is 0 Å². The van der Waals surface area contributed by atoms with Gasteiger partial charge in [-0.15, -0.1) is 6.58 Å². The third kappa shape index (κ3) is 4.39. The molecule has 1 amide bonds. The number of carbonyl (C=O) groups excluding carboxylic acids is 1. The lowest BCUT2D eigenvalue weighted by Gasteiger charge is -2.29. The molecule has 0 aliphatic carbocycles. The molecule has 116 valence electrons. The van der Waals surface area contributed by atoms with Crippen molar-refractivity contribution in [3.05, 3.63) is 40.4 Å². The molecule has 0 saturated carbocycles. The number of amides is 1. The van der Waals surface area contributed by atoms with E-state index in [1.54, 1.807) is 18.2 Å². The normalized spacial score (nSPS) is 11.1. The van der Waals surface area contributed by atoms with Crippen molar-refractivity contribution in [3.63, 3.8) is 0 Å². The minimum atomic E-state index is -0.357. The molecule has 0 bridgehead atoms. The van der Waals surface area contributed by atoms with E-state index in [0.29, 0.717) is 17.3 Å². The van der Waals surface area contributed by atoms with Crippen LogP contribution in [0, 0.1) is 0 Å². The summed E-state index contributed by atoms with van der Waals surface area (Å²) in [7, 11) is 0. The van der Waals surface area contributed by atoms with Crippen molar-refractivity contribution in [1.82, 2.24) is 5.32 Å². The van der Waals surface area contributed by atoms with E-state index in [0.717, 1.165) is 12.8 Å². The molecule has 0 aromatic heterocycles. The number of rotatable bonds is 7. The molecule has 0 radical (unpaired) electrons. The second-order valence-electron chi connectivity index (χ2n) is 4.99. The molecule has 0 heterocycles. The summed E-state index contributed by atoms with van der Waals surface area (Å²) >= 11 is 12.2. The minimum Gasteiger partial charge on any atom is -0.487 e. The van der Waals surface area contributed by atoms with Gasteiger partial charge in [0.1, 0.15) is 16.9 Å². The highest BCUT2D eigenvalue weighted by Crippen LogP contribution is 2.35. The Hall–Kier alpha value is -1.19. The fourth-order valence-electron chi connectivity index (χ4n) is 1.74. The Morgan fingerprint density at radius 2 is 2.00 bits per heavy atom. The van der Waals surface area contributed by atoms with E-state index in [1.807, 2.05) is 20.8 Å². The van der Waals surface area contributed by atoms with Crippen molar-refractivity contribution in [2.75, 3.05) is 6.54 Å². The van der Waals surface area contributed by atoms with Crippen LogP contribution in [0.4, 0.5) is 0 Å². The van der Waals surface area contributed by atoms with Crippen molar-refractivity contribution in [1.29, 1.82) is 0 Å². The van der Waals surface area contributed by atoms with Gasteiger partial charge in [0.25, 0.3) is 5.91 Å². The zero-order valence-corrected chi connectivity index (χ0v) is 14.1. The predicted molar refractivity (Wildman–Crippen MR) is 88.6 cm³/mol. The largest absolute Gasteiger partial charge is 0.487 e. The van der Waals surface area contributed by atoms with Crippen molar-refractivity contribution in [2.45, 2.75) is 39.2 Å². The van der Waals surface area contributed by atoms with Crippen LogP contribution in [0.5, 0.6) is 5.75 Å². The van der Waals surface area contributed by atoms with Gasteiger partial charge >= 0.3 is 0 Å². The van der Waals surface area contributed by atoms with Gasteiger partial charge in [0.05, 0.1) is 10.0 Å². The van der Waals surface area contributed by atoms with E-state index >= 15 is 0 Å². The van der Waals surface area contributed by atoms with Crippen molar-refractivity contribution in [3.8, 4) is 5.75 Å². The van der Waals surface area contributed by atoms with Gasteiger partial charge in [0.2, 0.25) is 0 Å². The molecule has 0 spiro atoms. The first-order chi connectivity index (χ1) is 9.88. The maximum atomic E-state index is 12.3. The highest BCUT2D eigenvalue weighted by Gasteiger charge is 2.26. The molecule has 0 aliphatic heterocycles. The summed E-state index contributed by atoms with van der Waals surface area (Å²) in [6, 6.07) is 3.32. The first-order valence-electron chi connectivity index (χ1n) is 6.94. The summed E-state index contributed by atoms with van der Waals surface area (Å²) in [6.07, 6.45) is 3.23. The molecule has 1 aromatic carbocycles. The summed E-state index contributed by atoms with van der Waals surface area (Å²) < 4.78 is 6.04. The van der Waals surface area contributed by atoms with E-state index in [-0.39, 0.29) is 22.1 Å². The topological polar surface area (TPSA) is 38.3 Å². The maximum Gasteiger partial charge on any atom is 0.256 e. The highest BCUT2D eigenvalue weighted by atomic mass is 35.5. The molecule has 0 aliphatic rings. The van der Waals surface area contributed by atoms with Gasteiger partial charge in [-0.1, -0.05) is 43.1 Å². The summed E-state index contributed by atoms with van der Waals surface area (Å²) in [4.78, 5) is 12.3. The summed E-state index contributed by atoms with van der Waals surface area (Å²) in [5, 5.41) is 3.22. The summed E-state index contributed by atoms with van der Waals surface area (Å²) in [5.41, 5.74) is -0.0934. The van der Waals surface area contributed by atoms with E-state index < -0.39 is 0 Å². The number of carbonyl (C=O) groups is 1. The fourth-order valence-corrected chi connectivity index (χ4v) is 2.14. The quantitative estimate of drug-likeness (QED) is 0.725. The number of hydrogen-bond acceptors (Lipinski definition) is 2. The standard InChI is InChI=1S/C16H21Cl2NO2/c1-5-10-19-15(20)13-12(9-8-11(17)14(13)18)21-16(4,6-2)7-3/h5,8-9H,1,6-7,10H2,2-4H3,(H,19,20). The molecule has 0 atom stereocenters. The van der Waals surface area contributed by atoms with Crippen LogP contribution in [0.25, 0.3) is 0 Å². The number of nitrogens with one attached hydrogen (secondary N) is 1. The molecule has 1 rings (SSSR count). The number of benzene rings is 1. The van der Waals surface area contributed by atoms with Gasteiger partial charge in [-0.2, -0.15) is 0 Å². The first kappa shape index (κ1) is 17.9. The maximum absolute atomic E-state index is 12.3. The van der Waals surface area contributed by atoms with Gasteiger partial charge in [0, 0.05) is 6.54 Å². The summed E-state index contributed by atoms with van der Waals surface area (Å²) in [6.45, 7) is 10.00. The van der Waals surface area contributed by atoms with Crippen LogP contribution in [-0.4, -0.2) is 18.1 Å².